The lowest BCUT2D eigenvalue weighted by Crippen LogP contribution is -1.97. The molecular formula is C9H15Br. The van der Waals surface area contributed by atoms with Crippen LogP contribution in [0.15, 0.2) is 11.1 Å². The van der Waals surface area contributed by atoms with Gasteiger partial charge in [0.15, 0.2) is 0 Å². The molecule has 58 valence electrons. The first-order valence-corrected chi connectivity index (χ1v) is 5.20. The van der Waals surface area contributed by atoms with Gasteiger partial charge in [0.1, 0.15) is 0 Å². The number of rotatable bonds is 1. The zero-order chi connectivity index (χ0) is 7.40. The van der Waals surface area contributed by atoms with E-state index in [-0.39, 0.29) is 0 Å². The summed E-state index contributed by atoms with van der Waals surface area (Å²) < 4.78 is 0. The second kappa shape index (κ2) is 4.17. The van der Waals surface area contributed by atoms with Gasteiger partial charge in [-0.05, 0) is 32.6 Å². The fourth-order valence-electron chi connectivity index (χ4n) is 1.50. The molecule has 0 N–H and O–H groups in total. The summed E-state index contributed by atoms with van der Waals surface area (Å²) >= 11 is 3.49. The molecule has 0 bridgehead atoms. The van der Waals surface area contributed by atoms with Gasteiger partial charge in [0.2, 0.25) is 0 Å². The minimum Gasteiger partial charge on any atom is -0.0880 e. The van der Waals surface area contributed by atoms with Crippen LogP contribution in [0, 0.1) is 0 Å². The molecular weight excluding hydrogens is 188 g/mol. The van der Waals surface area contributed by atoms with Gasteiger partial charge in [-0.1, -0.05) is 33.5 Å². The number of hydrogen-bond donors (Lipinski definition) is 0. The molecule has 0 aromatic rings. The van der Waals surface area contributed by atoms with E-state index >= 15 is 0 Å². The lowest BCUT2D eigenvalue weighted by molar-refractivity contribution is 0.594. The zero-order valence-corrected chi connectivity index (χ0v) is 8.21. The van der Waals surface area contributed by atoms with Crippen LogP contribution in [0.1, 0.15) is 39.0 Å². The molecule has 0 radical (unpaired) electrons. The average molecular weight is 203 g/mol. The van der Waals surface area contributed by atoms with E-state index in [1.54, 1.807) is 11.1 Å². The Morgan fingerprint density at radius 2 is 1.90 bits per heavy atom. The largest absolute Gasteiger partial charge is 0.0880 e. The summed E-state index contributed by atoms with van der Waals surface area (Å²) in [5.41, 5.74) is 3.28. The molecule has 1 fully saturated rings. The van der Waals surface area contributed by atoms with Gasteiger partial charge in [0.05, 0.1) is 0 Å². The SMILES string of the molecule is CC(CBr)=C1CCCCC1. The van der Waals surface area contributed by atoms with Crippen molar-refractivity contribution in [2.75, 3.05) is 5.33 Å². The second-order valence-electron chi connectivity index (χ2n) is 3.08. The fraction of sp³-hybridized carbons (Fsp3) is 0.778. The summed E-state index contributed by atoms with van der Waals surface area (Å²) in [5, 5.41) is 1.07. The normalized spacial score (nSPS) is 19.2. The monoisotopic (exact) mass is 202 g/mol. The van der Waals surface area contributed by atoms with Crippen LogP contribution in [0.2, 0.25) is 0 Å². The summed E-state index contributed by atoms with van der Waals surface area (Å²) in [6, 6.07) is 0. The van der Waals surface area contributed by atoms with E-state index in [9.17, 15) is 0 Å². The van der Waals surface area contributed by atoms with Crippen LogP contribution in [-0.2, 0) is 0 Å². The van der Waals surface area contributed by atoms with E-state index in [1.165, 1.54) is 32.1 Å². The maximum atomic E-state index is 3.49. The molecule has 1 saturated carbocycles. The molecule has 1 rings (SSSR count). The Labute approximate surface area is 71.8 Å². The molecule has 1 aliphatic carbocycles. The molecule has 0 unspecified atom stereocenters. The van der Waals surface area contributed by atoms with Crippen LogP contribution < -0.4 is 0 Å². The van der Waals surface area contributed by atoms with Crippen LogP contribution in [0.25, 0.3) is 0 Å². The fourth-order valence-corrected chi connectivity index (χ4v) is 1.90. The van der Waals surface area contributed by atoms with E-state index in [1.807, 2.05) is 0 Å². The summed E-state index contributed by atoms with van der Waals surface area (Å²) in [6.45, 7) is 2.25. The van der Waals surface area contributed by atoms with Crippen LogP contribution in [-0.4, -0.2) is 5.33 Å². The third-order valence-corrected chi connectivity index (χ3v) is 3.10. The number of alkyl halides is 1. The van der Waals surface area contributed by atoms with Gasteiger partial charge in [0, 0.05) is 5.33 Å². The standard InChI is InChI=1S/C9H15Br/c1-8(7-10)9-5-3-2-4-6-9/h2-7H2,1H3. The first-order valence-electron chi connectivity index (χ1n) is 4.08. The maximum Gasteiger partial charge on any atom is 0.0241 e. The molecule has 0 heterocycles. The highest BCUT2D eigenvalue weighted by molar-refractivity contribution is 9.09. The van der Waals surface area contributed by atoms with Gasteiger partial charge >= 0.3 is 0 Å². The van der Waals surface area contributed by atoms with Crippen molar-refractivity contribution < 1.29 is 0 Å². The van der Waals surface area contributed by atoms with Crippen molar-refractivity contribution in [2.45, 2.75) is 39.0 Å². The quantitative estimate of drug-likeness (QED) is 0.450. The average Bonchev–Trinajstić information content (AvgIpc) is 2.05. The predicted octanol–water partition coefficient (Wildman–Crippen LogP) is 3.66. The predicted molar refractivity (Wildman–Crippen MR) is 49.6 cm³/mol. The lowest BCUT2D eigenvalue weighted by Gasteiger charge is -2.15. The minimum absolute atomic E-state index is 1.07. The van der Waals surface area contributed by atoms with Crippen molar-refractivity contribution in [1.29, 1.82) is 0 Å². The summed E-state index contributed by atoms with van der Waals surface area (Å²) in [6.07, 6.45) is 6.99. The Kier molecular flexibility index (Phi) is 3.47. The van der Waals surface area contributed by atoms with Crippen molar-refractivity contribution in [2.24, 2.45) is 0 Å². The molecule has 0 saturated heterocycles. The van der Waals surface area contributed by atoms with Crippen molar-refractivity contribution in [3.05, 3.63) is 11.1 Å². The molecule has 0 atom stereocenters. The molecule has 1 heteroatoms. The summed E-state index contributed by atoms with van der Waals surface area (Å²) in [5.74, 6) is 0. The van der Waals surface area contributed by atoms with Crippen molar-refractivity contribution in [3.8, 4) is 0 Å². The molecule has 0 aromatic carbocycles. The molecule has 1 aliphatic rings. The first kappa shape index (κ1) is 8.32. The van der Waals surface area contributed by atoms with E-state index in [0.717, 1.165) is 5.33 Å². The molecule has 0 aliphatic heterocycles. The van der Waals surface area contributed by atoms with Gasteiger partial charge < -0.3 is 0 Å². The van der Waals surface area contributed by atoms with Gasteiger partial charge in [0.25, 0.3) is 0 Å². The Balaban J connectivity index is 2.51. The molecule has 0 amide bonds. The van der Waals surface area contributed by atoms with Gasteiger partial charge in [-0.15, -0.1) is 0 Å². The van der Waals surface area contributed by atoms with Gasteiger partial charge in [-0.3, -0.25) is 0 Å². The van der Waals surface area contributed by atoms with E-state index in [2.05, 4.69) is 22.9 Å². The van der Waals surface area contributed by atoms with Crippen LogP contribution in [0.4, 0.5) is 0 Å². The summed E-state index contributed by atoms with van der Waals surface area (Å²) in [7, 11) is 0. The molecule has 10 heavy (non-hydrogen) atoms. The molecule has 0 aromatic heterocycles. The highest BCUT2D eigenvalue weighted by Gasteiger charge is 2.06. The second-order valence-corrected chi connectivity index (χ2v) is 3.64. The third-order valence-electron chi connectivity index (χ3n) is 2.26. The minimum atomic E-state index is 1.07. The van der Waals surface area contributed by atoms with E-state index in [4.69, 9.17) is 0 Å². The number of hydrogen-bond acceptors (Lipinski definition) is 0. The van der Waals surface area contributed by atoms with E-state index in [0.29, 0.717) is 0 Å². The van der Waals surface area contributed by atoms with Crippen LogP contribution in [0.3, 0.4) is 0 Å². The van der Waals surface area contributed by atoms with Gasteiger partial charge in [-0.2, -0.15) is 0 Å². The highest BCUT2D eigenvalue weighted by Crippen LogP contribution is 2.25. The first-order chi connectivity index (χ1) is 4.84. The Hall–Kier alpha value is 0.220. The molecule has 0 spiro atoms. The Bertz CT molecular complexity index is 128. The number of halogens is 1. The summed E-state index contributed by atoms with van der Waals surface area (Å²) in [4.78, 5) is 0. The van der Waals surface area contributed by atoms with Crippen molar-refractivity contribution >= 4 is 15.9 Å². The zero-order valence-electron chi connectivity index (χ0n) is 6.62. The van der Waals surface area contributed by atoms with E-state index < -0.39 is 0 Å². The topological polar surface area (TPSA) is 0 Å². The lowest BCUT2D eigenvalue weighted by atomic mass is 9.92. The number of allylic oxidation sites excluding steroid dienone is 2. The van der Waals surface area contributed by atoms with Gasteiger partial charge in [-0.25, -0.2) is 0 Å². The van der Waals surface area contributed by atoms with Crippen molar-refractivity contribution in [1.82, 2.24) is 0 Å². The molecule has 0 nitrogen and oxygen atoms in total. The Morgan fingerprint density at radius 3 is 2.40 bits per heavy atom. The Morgan fingerprint density at radius 1 is 1.30 bits per heavy atom. The van der Waals surface area contributed by atoms with Crippen molar-refractivity contribution in [3.63, 3.8) is 0 Å². The van der Waals surface area contributed by atoms with Crippen LogP contribution in [0.5, 0.6) is 0 Å². The maximum absolute atomic E-state index is 3.49. The van der Waals surface area contributed by atoms with Crippen LogP contribution >= 0.6 is 15.9 Å². The highest BCUT2D eigenvalue weighted by atomic mass is 79.9. The third kappa shape index (κ3) is 2.12. The smallest absolute Gasteiger partial charge is 0.0241 e.